The molecular formula is C18H33N. The van der Waals surface area contributed by atoms with E-state index >= 15 is 0 Å². The minimum Gasteiger partial charge on any atom is -0.372 e. The van der Waals surface area contributed by atoms with Crippen LogP contribution in [-0.4, -0.2) is 18.0 Å². The maximum atomic E-state index is 4.25. The van der Waals surface area contributed by atoms with Gasteiger partial charge in [0.25, 0.3) is 0 Å². The normalized spacial score (nSPS) is 13.1. The molecule has 0 N–H and O–H groups in total. The molecule has 0 radical (unpaired) electrons. The zero-order valence-electron chi connectivity index (χ0n) is 13.9. The third-order valence-corrected chi connectivity index (χ3v) is 3.72. The highest BCUT2D eigenvalue weighted by Crippen LogP contribution is 2.17. The molecule has 0 aliphatic carbocycles. The SMILES string of the molecule is C=C(C(C)CC)N(CC)C/C=C(\C)CCC=C(C)C. The molecule has 0 aliphatic heterocycles. The topological polar surface area (TPSA) is 3.24 Å². The molecule has 1 heteroatoms. The molecule has 1 unspecified atom stereocenters. The molecule has 0 aromatic carbocycles. The summed E-state index contributed by atoms with van der Waals surface area (Å²) in [7, 11) is 0. The van der Waals surface area contributed by atoms with Crippen molar-refractivity contribution in [3.8, 4) is 0 Å². The summed E-state index contributed by atoms with van der Waals surface area (Å²) in [4.78, 5) is 2.39. The Morgan fingerprint density at radius 3 is 2.26 bits per heavy atom. The van der Waals surface area contributed by atoms with Gasteiger partial charge in [-0.05, 0) is 52.9 Å². The highest BCUT2D eigenvalue weighted by molar-refractivity contribution is 5.06. The van der Waals surface area contributed by atoms with E-state index in [0.717, 1.165) is 19.5 Å². The lowest BCUT2D eigenvalue weighted by Crippen LogP contribution is -2.25. The fourth-order valence-corrected chi connectivity index (χ4v) is 1.95. The number of rotatable bonds is 9. The molecule has 0 rings (SSSR count). The predicted molar refractivity (Wildman–Crippen MR) is 88.3 cm³/mol. The summed E-state index contributed by atoms with van der Waals surface area (Å²) >= 11 is 0. The first-order chi connectivity index (χ1) is 8.92. The molecule has 110 valence electrons. The lowest BCUT2D eigenvalue weighted by atomic mass is 10.0. The number of hydrogen-bond acceptors (Lipinski definition) is 1. The molecule has 0 aromatic rings. The Morgan fingerprint density at radius 2 is 1.79 bits per heavy atom. The first-order valence-corrected chi connectivity index (χ1v) is 7.65. The van der Waals surface area contributed by atoms with E-state index in [2.05, 4.69) is 65.2 Å². The van der Waals surface area contributed by atoms with Crippen molar-refractivity contribution in [2.24, 2.45) is 5.92 Å². The van der Waals surface area contributed by atoms with E-state index < -0.39 is 0 Å². The molecule has 0 heterocycles. The fourth-order valence-electron chi connectivity index (χ4n) is 1.95. The first-order valence-electron chi connectivity index (χ1n) is 7.65. The Kier molecular flexibility index (Phi) is 9.38. The van der Waals surface area contributed by atoms with Crippen molar-refractivity contribution in [2.45, 2.75) is 60.8 Å². The van der Waals surface area contributed by atoms with Gasteiger partial charge in [-0.2, -0.15) is 0 Å². The lowest BCUT2D eigenvalue weighted by molar-refractivity contribution is 0.349. The second kappa shape index (κ2) is 9.89. The average molecular weight is 263 g/mol. The van der Waals surface area contributed by atoms with Crippen molar-refractivity contribution in [2.75, 3.05) is 13.1 Å². The van der Waals surface area contributed by atoms with Gasteiger partial charge in [0.05, 0.1) is 0 Å². The maximum Gasteiger partial charge on any atom is 0.0358 e. The number of allylic oxidation sites excluding steroid dienone is 4. The lowest BCUT2D eigenvalue weighted by Gasteiger charge is -2.28. The van der Waals surface area contributed by atoms with Crippen molar-refractivity contribution in [1.29, 1.82) is 0 Å². The molecule has 0 bridgehead atoms. The summed E-state index contributed by atoms with van der Waals surface area (Å²) in [5, 5.41) is 0. The van der Waals surface area contributed by atoms with E-state index in [1.165, 1.54) is 29.7 Å². The van der Waals surface area contributed by atoms with Crippen LogP contribution in [0.3, 0.4) is 0 Å². The van der Waals surface area contributed by atoms with Gasteiger partial charge < -0.3 is 4.90 Å². The van der Waals surface area contributed by atoms with Crippen LogP contribution in [0.2, 0.25) is 0 Å². The van der Waals surface area contributed by atoms with E-state index in [-0.39, 0.29) is 0 Å². The van der Waals surface area contributed by atoms with Crippen molar-refractivity contribution < 1.29 is 0 Å². The van der Waals surface area contributed by atoms with Gasteiger partial charge in [-0.15, -0.1) is 0 Å². The van der Waals surface area contributed by atoms with Crippen LogP contribution in [0.1, 0.15) is 60.8 Å². The molecule has 0 aliphatic rings. The molecule has 0 saturated heterocycles. The third kappa shape index (κ3) is 7.92. The minimum absolute atomic E-state index is 0.583. The molecule has 0 spiro atoms. The van der Waals surface area contributed by atoms with Crippen LogP contribution in [0, 0.1) is 5.92 Å². The quantitative estimate of drug-likeness (QED) is 0.492. The van der Waals surface area contributed by atoms with Gasteiger partial charge in [0.15, 0.2) is 0 Å². The Bertz CT molecular complexity index is 319. The Labute approximate surface area is 121 Å². The van der Waals surface area contributed by atoms with Gasteiger partial charge in [0, 0.05) is 18.8 Å². The van der Waals surface area contributed by atoms with Crippen LogP contribution >= 0.6 is 0 Å². The minimum atomic E-state index is 0.583. The van der Waals surface area contributed by atoms with Crippen molar-refractivity contribution in [3.63, 3.8) is 0 Å². The highest BCUT2D eigenvalue weighted by Gasteiger charge is 2.10. The largest absolute Gasteiger partial charge is 0.372 e. The van der Waals surface area contributed by atoms with Gasteiger partial charge >= 0.3 is 0 Å². The highest BCUT2D eigenvalue weighted by atomic mass is 15.1. The molecule has 0 fully saturated rings. The smallest absolute Gasteiger partial charge is 0.0358 e. The second-order valence-corrected chi connectivity index (χ2v) is 5.71. The van der Waals surface area contributed by atoms with E-state index in [4.69, 9.17) is 0 Å². The van der Waals surface area contributed by atoms with Crippen LogP contribution in [0.5, 0.6) is 0 Å². The van der Waals surface area contributed by atoms with Gasteiger partial charge in [-0.1, -0.05) is 43.7 Å². The summed E-state index contributed by atoms with van der Waals surface area (Å²) in [6.07, 6.45) is 8.16. The predicted octanol–water partition coefficient (Wildman–Crippen LogP) is 5.56. The Hall–Kier alpha value is -0.980. The van der Waals surface area contributed by atoms with Crippen LogP contribution in [0.15, 0.2) is 35.6 Å². The number of likely N-dealkylation sites (N-methyl/N-ethyl adjacent to an activating group) is 1. The number of hydrogen-bond donors (Lipinski definition) is 0. The van der Waals surface area contributed by atoms with Crippen LogP contribution in [0.25, 0.3) is 0 Å². The Morgan fingerprint density at radius 1 is 1.16 bits per heavy atom. The molecule has 0 saturated carbocycles. The summed E-state index contributed by atoms with van der Waals surface area (Å²) in [5.74, 6) is 0.583. The van der Waals surface area contributed by atoms with Crippen molar-refractivity contribution >= 4 is 0 Å². The van der Waals surface area contributed by atoms with E-state index in [0.29, 0.717) is 5.92 Å². The molecule has 0 aromatic heterocycles. The van der Waals surface area contributed by atoms with E-state index in [1.54, 1.807) is 0 Å². The summed E-state index contributed by atoms with van der Waals surface area (Å²) < 4.78 is 0. The Balaban J connectivity index is 4.32. The van der Waals surface area contributed by atoms with Crippen LogP contribution in [0.4, 0.5) is 0 Å². The first kappa shape index (κ1) is 18.0. The van der Waals surface area contributed by atoms with Gasteiger partial charge in [0.2, 0.25) is 0 Å². The fraction of sp³-hybridized carbons (Fsp3) is 0.667. The molecule has 19 heavy (non-hydrogen) atoms. The zero-order valence-corrected chi connectivity index (χ0v) is 13.9. The molecule has 1 nitrogen and oxygen atoms in total. The van der Waals surface area contributed by atoms with Crippen LogP contribution in [-0.2, 0) is 0 Å². The number of nitrogens with zero attached hydrogens (tertiary/aromatic N) is 1. The van der Waals surface area contributed by atoms with Gasteiger partial charge in [0.1, 0.15) is 0 Å². The molecule has 0 amide bonds. The van der Waals surface area contributed by atoms with E-state index in [1.807, 2.05) is 0 Å². The van der Waals surface area contributed by atoms with Crippen molar-refractivity contribution in [1.82, 2.24) is 4.90 Å². The summed E-state index contributed by atoms with van der Waals surface area (Å²) in [5.41, 5.74) is 4.17. The molecule has 1 atom stereocenters. The van der Waals surface area contributed by atoms with Gasteiger partial charge in [-0.3, -0.25) is 0 Å². The second-order valence-electron chi connectivity index (χ2n) is 5.71. The zero-order chi connectivity index (χ0) is 14.8. The standard InChI is InChI=1S/C18H33N/c1-8-17(6)18(7)19(9-2)14-13-16(5)12-10-11-15(3)4/h11,13,17H,7-10,12,14H2,1-6H3/b16-13+. The van der Waals surface area contributed by atoms with E-state index in [9.17, 15) is 0 Å². The average Bonchev–Trinajstić information content (AvgIpc) is 2.37. The third-order valence-electron chi connectivity index (χ3n) is 3.72. The van der Waals surface area contributed by atoms with Gasteiger partial charge in [-0.25, -0.2) is 0 Å². The monoisotopic (exact) mass is 263 g/mol. The molecular weight excluding hydrogens is 230 g/mol. The maximum absolute atomic E-state index is 4.25. The summed E-state index contributed by atoms with van der Waals surface area (Å²) in [6.45, 7) is 19.5. The van der Waals surface area contributed by atoms with Crippen LogP contribution < -0.4 is 0 Å². The summed E-state index contributed by atoms with van der Waals surface area (Å²) in [6, 6.07) is 0. The van der Waals surface area contributed by atoms with Crippen molar-refractivity contribution in [3.05, 3.63) is 35.6 Å².